The smallest absolute Gasteiger partial charge is 0.256 e. The normalized spacial score (nSPS) is 21.1. The van der Waals surface area contributed by atoms with Crippen molar-refractivity contribution in [2.75, 3.05) is 19.5 Å². The van der Waals surface area contributed by atoms with Gasteiger partial charge in [0.15, 0.2) is 23.1 Å². The summed E-state index contributed by atoms with van der Waals surface area (Å²) in [5.74, 6) is 1.51. The molecular weight excluding hydrogens is 513 g/mol. The van der Waals surface area contributed by atoms with E-state index in [1.807, 2.05) is 13.0 Å². The van der Waals surface area contributed by atoms with E-state index in [-0.39, 0.29) is 17.7 Å². The molecule has 2 heterocycles. The summed E-state index contributed by atoms with van der Waals surface area (Å²) in [7, 11) is 4.92. The average molecular weight is 550 g/mol. The number of nitrogens with one attached hydrogen (secondary N) is 2. The summed E-state index contributed by atoms with van der Waals surface area (Å²) < 4.78 is 34.0. The van der Waals surface area contributed by atoms with Gasteiger partial charge in [0.05, 0.1) is 25.3 Å². The molecular formula is C30H36FN5O4. The average Bonchev–Trinajstić information content (AvgIpc) is 3.12. The minimum absolute atomic E-state index is 0.0699. The number of methoxy groups -OCH3 is 2. The van der Waals surface area contributed by atoms with E-state index < -0.39 is 11.2 Å². The van der Waals surface area contributed by atoms with Gasteiger partial charge in [-0.25, -0.2) is 4.39 Å². The van der Waals surface area contributed by atoms with Crippen LogP contribution in [-0.2, 0) is 16.5 Å². The van der Waals surface area contributed by atoms with Crippen LogP contribution in [0.5, 0.6) is 5.75 Å². The maximum atomic E-state index is 15.3. The second kappa shape index (κ2) is 11.6. The first-order valence-corrected chi connectivity index (χ1v) is 13.7. The molecule has 1 amide bonds. The van der Waals surface area contributed by atoms with E-state index in [1.54, 1.807) is 56.6 Å². The molecule has 1 aromatic heterocycles. The van der Waals surface area contributed by atoms with Crippen LogP contribution < -0.4 is 15.4 Å². The molecule has 0 bridgehead atoms. The molecule has 40 heavy (non-hydrogen) atoms. The van der Waals surface area contributed by atoms with Crippen LogP contribution in [0.4, 0.5) is 15.9 Å². The Morgan fingerprint density at radius 3 is 2.62 bits per heavy atom. The number of ether oxygens (including phenoxy) is 3. The topological polar surface area (TPSA) is 99.0 Å². The van der Waals surface area contributed by atoms with Crippen molar-refractivity contribution in [3.63, 3.8) is 0 Å². The molecule has 0 radical (unpaired) electrons. The van der Waals surface area contributed by atoms with E-state index in [0.717, 1.165) is 31.4 Å². The van der Waals surface area contributed by atoms with Crippen molar-refractivity contribution in [1.82, 2.24) is 15.1 Å². The van der Waals surface area contributed by atoms with Crippen LogP contribution in [0, 0.1) is 11.2 Å². The van der Waals surface area contributed by atoms with Crippen LogP contribution in [0.2, 0.25) is 0 Å². The molecule has 1 atom stereocenters. The first kappa shape index (κ1) is 27.5. The van der Waals surface area contributed by atoms with Gasteiger partial charge in [-0.05, 0) is 38.0 Å². The van der Waals surface area contributed by atoms with Crippen molar-refractivity contribution in [2.24, 2.45) is 17.5 Å². The number of halogens is 1. The summed E-state index contributed by atoms with van der Waals surface area (Å²) in [6.45, 7) is 1.98. The number of nitrogens with zero attached hydrogens (tertiary/aromatic N) is 3. The summed E-state index contributed by atoms with van der Waals surface area (Å²) >= 11 is 0. The molecule has 1 saturated carbocycles. The van der Waals surface area contributed by atoms with Crippen molar-refractivity contribution in [3.05, 3.63) is 70.9 Å². The zero-order valence-corrected chi connectivity index (χ0v) is 23.4. The van der Waals surface area contributed by atoms with Crippen LogP contribution in [0.15, 0.2) is 64.5 Å². The summed E-state index contributed by atoms with van der Waals surface area (Å²) in [4.78, 5) is 17.6. The number of carbonyl (C=O) groups is 1. The van der Waals surface area contributed by atoms with Gasteiger partial charge in [-0.15, -0.1) is 0 Å². The van der Waals surface area contributed by atoms with E-state index >= 15 is 4.39 Å². The highest BCUT2D eigenvalue weighted by Crippen LogP contribution is 2.48. The maximum Gasteiger partial charge on any atom is 0.256 e. The van der Waals surface area contributed by atoms with Gasteiger partial charge >= 0.3 is 0 Å². The second-order valence-corrected chi connectivity index (χ2v) is 10.6. The minimum atomic E-state index is -0.654. The Morgan fingerprint density at radius 1 is 1.15 bits per heavy atom. The highest BCUT2D eigenvalue weighted by molar-refractivity contribution is 5.99. The number of allylic oxidation sites excluding steroid dienone is 3. The number of hydrogen-bond acceptors (Lipinski definition) is 7. The summed E-state index contributed by atoms with van der Waals surface area (Å²) in [6, 6.07) is 4.75. The fourth-order valence-electron chi connectivity index (χ4n) is 5.47. The highest BCUT2D eigenvalue weighted by Gasteiger charge is 2.42. The third-order valence-electron chi connectivity index (χ3n) is 7.75. The van der Waals surface area contributed by atoms with Gasteiger partial charge in [0, 0.05) is 49.8 Å². The van der Waals surface area contributed by atoms with E-state index in [2.05, 4.69) is 20.7 Å². The van der Waals surface area contributed by atoms with Gasteiger partial charge < -0.3 is 24.8 Å². The lowest BCUT2D eigenvalue weighted by molar-refractivity contribution is 0.0934. The summed E-state index contributed by atoms with van der Waals surface area (Å²) in [5, 5.41) is 10.7. The fourth-order valence-corrected chi connectivity index (χ4v) is 5.47. The number of hydrogen-bond donors (Lipinski definition) is 2. The third-order valence-corrected chi connectivity index (χ3v) is 7.75. The van der Waals surface area contributed by atoms with Crippen LogP contribution in [0.25, 0.3) is 0 Å². The van der Waals surface area contributed by atoms with E-state index in [9.17, 15) is 4.79 Å². The van der Waals surface area contributed by atoms with E-state index in [4.69, 9.17) is 14.2 Å². The molecule has 5 rings (SSSR count). The lowest BCUT2D eigenvalue weighted by Gasteiger charge is -2.37. The Balaban J connectivity index is 1.31. The Hall–Kier alpha value is -4.08. The molecule has 2 N–H and O–H groups in total. The van der Waals surface area contributed by atoms with Gasteiger partial charge in [0.1, 0.15) is 17.1 Å². The van der Waals surface area contributed by atoms with Gasteiger partial charge in [-0.1, -0.05) is 25.7 Å². The molecule has 2 aliphatic carbocycles. The van der Waals surface area contributed by atoms with Crippen molar-refractivity contribution < 1.29 is 23.4 Å². The zero-order valence-electron chi connectivity index (χ0n) is 23.4. The number of anilines is 2. The minimum Gasteiger partial charge on any atom is -0.497 e. The van der Waals surface area contributed by atoms with Crippen molar-refractivity contribution in [2.45, 2.75) is 57.9 Å². The standard InChI is InChI=1S/C30H36FN5O4/c1-30-17-25(39-4)24(38-3)16-26(30)32-14-13-27(30)40-23-12-11-20(15-22(23)31)33-28-21(18-36(2)35-28)29(37)34-19-9-7-5-6-8-10-19/h11-16,18-19H,5-10,17H2,1-4H3,(H,33,35)(H,34,37). The Labute approximate surface area is 233 Å². The third kappa shape index (κ3) is 5.61. The fraction of sp³-hybridized carbons (Fsp3) is 0.433. The number of amides is 1. The molecule has 1 aromatic carbocycles. The monoisotopic (exact) mass is 549 g/mol. The van der Waals surface area contributed by atoms with Gasteiger partial charge in [-0.2, -0.15) is 5.10 Å². The molecule has 0 saturated heterocycles. The predicted octanol–water partition coefficient (Wildman–Crippen LogP) is 5.90. The van der Waals surface area contributed by atoms with E-state index in [0.29, 0.717) is 40.8 Å². The SMILES string of the molecule is COC1=C(OC)CC2(C)C(=C1)N=CC=C2Oc1ccc(Nc2nn(C)cc2C(=O)NC2CCCCCC2)cc1F. The number of rotatable bonds is 8. The molecule has 0 spiro atoms. The van der Waals surface area contributed by atoms with Crippen LogP contribution in [0.1, 0.15) is 62.2 Å². The number of benzene rings is 1. The van der Waals surface area contributed by atoms with Gasteiger partial charge in [0.25, 0.3) is 5.91 Å². The van der Waals surface area contributed by atoms with Crippen LogP contribution in [-0.4, -0.2) is 42.2 Å². The number of carbonyl (C=O) groups excluding carboxylic acids is 1. The van der Waals surface area contributed by atoms with Crippen LogP contribution in [0.3, 0.4) is 0 Å². The molecule has 9 nitrogen and oxygen atoms in total. The Bertz CT molecular complexity index is 1400. The van der Waals surface area contributed by atoms with Crippen molar-refractivity contribution in [1.29, 1.82) is 0 Å². The van der Waals surface area contributed by atoms with Crippen LogP contribution >= 0.6 is 0 Å². The number of aliphatic imine (C=N–C) groups is 1. The largest absolute Gasteiger partial charge is 0.497 e. The lowest BCUT2D eigenvalue weighted by Crippen LogP contribution is -2.34. The summed E-state index contributed by atoms with van der Waals surface area (Å²) in [6.07, 6.45) is 13.9. The Kier molecular flexibility index (Phi) is 7.95. The molecule has 2 aromatic rings. The van der Waals surface area contributed by atoms with Crippen molar-refractivity contribution >= 4 is 23.6 Å². The van der Waals surface area contributed by atoms with E-state index in [1.165, 1.54) is 18.9 Å². The number of dihydropyridines is 1. The number of aromatic nitrogens is 2. The van der Waals surface area contributed by atoms with Gasteiger partial charge in [-0.3, -0.25) is 14.5 Å². The quantitative estimate of drug-likeness (QED) is 0.398. The molecule has 212 valence electrons. The molecule has 1 fully saturated rings. The maximum absolute atomic E-state index is 15.3. The molecule has 3 aliphatic rings. The molecule has 10 heteroatoms. The summed E-state index contributed by atoms with van der Waals surface area (Å²) in [5.41, 5.74) is 0.955. The zero-order chi connectivity index (χ0) is 28.3. The predicted molar refractivity (Wildman–Crippen MR) is 151 cm³/mol. The second-order valence-electron chi connectivity index (χ2n) is 10.6. The Morgan fingerprint density at radius 2 is 1.93 bits per heavy atom. The lowest BCUT2D eigenvalue weighted by atomic mass is 9.76. The first-order chi connectivity index (χ1) is 19.3. The highest BCUT2D eigenvalue weighted by atomic mass is 19.1. The molecule has 1 aliphatic heterocycles. The molecule has 1 unspecified atom stereocenters. The van der Waals surface area contributed by atoms with Gasteiger partial charge in [0.2, 0.25) is 0 Å². The first-order valence-electron chi connectivity index (χ1n) is 13.7. The number of aryl methyl sites for hydroxylation is 1. The number of fused-ring (bicyclic) bond motifs is 1. The van der Waals surface area contributed by atoms with Crippen molar-refractivity contribution in [3.8, 4) is 5.75 Å².